The van der Waals surface area contributed by atoms with Gasteiger partial charge in [-0.1, -0.05) is 18.2 Å². The Morgan fingerprint density at radius 3 is 2.28 bits per heavy atom. The molecule has 2 N–H and O–H groups in total. The Balaban J connectivity index is 1.84. The molecule has 2 heterocycles. The number of nitrogens with zero attached hydrogens (tertiary/aromatic N) is 2. The second kappa shape index (κ2) is 4.56. The zero-order chi connectivity index (χ0) is 12.7. The molecule has 0 aliphatic carbocycles. The molecule has 2 atom stereocenters. The van der Waals surface area contributed by atoms with E-state index in [1.54, 1.807) is 0 Å². The summed E-state index contributed by atoms with van der Waals surface area (Å²) < 4.78 is 0. The van der Waals surface area contributed by atoms with Crippen LogP contribution in [-0.4, -0.2) is 44.2 Å². The van der Waals surface area contributed by atoms with Crippen molar-refractivity contribution < 1.29 is 0 Å². The van der Waals surface area contributed by atoms with E-state index in [0.717, 1.165) is 26.2 Å². The predicted octanol–water partition coefficient (Wildman–Crippen LogP) is 1.32. The fourth-order valence-electron chi connectivity index (χ4n) is 3.62. The van der Waals surface area contributed by atoms with Crippen molar-refractivity contribution in [2.24, 2.45) is 17.6 Å². The third-order valence-electron chi connectivity index (χ3n) is 4.55. The minimum absolute atomic E-state index is 0.390. The lowest BCUT2D eigenvalue weighted by Gasteiger charge is -2.49. The zero-order valence-corrected chi connectivity index (χ0v) is 11.3. The van der Waals surface area contributed by atoms with Gasteiger partial charge >= 0.3 is 0 Å². The number of piperidine rings is 2. The molecule has 2 unspecified atom stereocenters. The third-order valence-corrected chi connectivity index (χ3v) is 4.55. The molecule has 1 aromatic carbocycles. The highest BCUT2D eigenvalue weighted by Gasteiger charge is 2.39. The minimum atomic E-state index is 0.390. The van der Waals surface area contributed by atoms with E-state index < -0.39 is 0 Å². The zero-order valence-electron chi connectivity index (χ0n) is 11.3. The fourth-order valence-corrected chi connectivity index (χ4v) is 3.62. The molecule has 0 radical (unpaired) electrons. The third kappa shape index (κ3) is 2.02. The van der Waals surface area contributed by atoms with Crippen LogP contribution in [0.25, 0.3) is 0 Å². The van der Waals surface area contributed by atoms with Gasteiger partial charge in [-0.05, 0) is 25.6 Å². The average molecular weight is 245 g/mol. The lowest BCUT2D eigenvalue weighted by Crippen LogP contribution is -2.62. The first-order valence-corrected chi connectivity index (χ1v) is 6.90. The molecule has 0 saturated carbocycles. The summed E-state index contributed by atoms with van der Waals surface area (Å²) in [5.74, 6) is 1.23. The van der Waals surface area contributed by atoms with Gasteiger partial charge in [0.15, 0.2) is 0 Å². The van der Waals surface area contributed by atoms with E-state index in [1.807, 2.05) is 0 Å². The molecule has 0 aromatic heterocycles. The smallest absolute Gasteiger partial charge is 0.0396 e. The summed E-state index contributed by atoms with van der Waals surface area (Å²) in [6.07, 6.45) is 0. The summed E-state index contributed by atoms with van der Waals surface area (Å²) in [6, 6.07) is 9.08. The molecule has 1 aromatic rings. The van der Waals surface area contributed by atoms with Gasteiger partial charge in [0.1, 0.15) is 0 Å². The lowest BCUT2D eigenvalue weighted by molar-refractivity contribution is 0.107. The number of benzene rings is 1. The molecule has 2 aliphatic rings. The van der Waals surface area contributed by atoms with Gasteiger partial charge in [0.25, 0.3) is 0 Å². The summed E-state index contributed by atoms with van der Waals surface area (Å²) in [5, 5.41) is 0. The number of aryl methyl sites for hydroxylation is 1. The van der Waals surface area contributed by atoms with Gasteiger partial charge in [0.05, 0.1) is 0 Å². The van der Waals surface area contributed by atoms with Gasteiger partial charge in [-0.2, -0.15) is 0 Å². The first kappa shape index (κ1) is 12.0. The number of rotatable bonds is 1. The normalized spacial score (nSPS) is 32.6. The van der Waals surface area contributed by atoms with Crippen LogP contribution in [0.15, 0.2) is 24.3 Å². The van der Waals surface area contributed by atoms with Crippen LogP contribution in [0.1, 0.15) is 5.56 Å². The SMILES string of the molecule is Cc1ccccc1N1CC2CN(C)CC(C1)C2N. The van der Waals surface area contributed by atoms with Crippen molar-refractivity contribution in [3.63, 3.8) is 0 Å². The number of fused-ring (bicyclic) bond motifs is 2. The molecule has 2 fully saturated rings. The second-order valence-electron chi connectivity index (χ2n) is 6.01. The molecular weight excluding hydrogens is 222 g/mol. The van der Waals surface area contributed by atoms with Crippen molar-refractivity contribution in [2.45, 2.75) is 13.0 Å². The Morgan fingerprint density at radius 1 is 1.06 bits per heavy atom. The molecule has 0 spiro atoms. The molecule has 2 bridgehead atoms. The van der Waals surface area contributed by atoms with Gasteiger partial charge in [-0.25, -0.2) is 0 Å². The monoisotopic (exact) mass is 245 g/mol. The van der Waals surface area contributed by atoms with Gasteiger partial charge in [0.2, 0.25) is 0 Å². The van der Waals surface area contributed by atoms with E-state index in [1.165, 1.54) is 11.3 Å². The Labute approximate surface area is 110 Å². The van der Waals surface area contributed by atoms with Crippen molar-refractivity contribution in [1.82, 2.24) is 4.90 Å². The molecular formula is C15H23N3. The van der Waals surface area contributed by atoms with Gasteiger partial charge in [-0.15, -0.1) is 0 Å². The summed E-state index contributed by atoms with van der Waals surface area (Å²) in [4.78, 5) is 4.98. The number of hydrogen-bond donors (Lipinski definition) is 1. The first-order chi connectivity index (χ1) is 8.65. The van der Waals surface area contributed by atoms with E-state index in [4.69, 9.17) is 5.73 Å². The maximum absolute atomic E-state index is 6.37. The highest BCUT2D eigenvalue weighted by molar-refractivity contribution is 5.53. The van der Waals surface area contributed by atoms with Crippen LogP contribution < -0.4 is 10.6 Å². The van der Waals surface area contributed by atoms with Crippen molar-refractivity contribution in [1.29, 1.82) is 0 Å². The summed E-state index contributed by atoms with van der Waals surface area (Å²) in [6.45, 7) is 6.69. The number of para-hydroxylation sites is 1. The van der Waals surface area contributed by atoms with Crippen molar-refractivity contribution in [2.75, 3.05) is 38.1 Å². The largest absolute Gasteiger partial charge is 0.371 e. The molecule has 3 nitrogen and oxygen atoms in total. The number of likely N-dealkylation sites (tertiary alicyclic amines) is 1. The van der Waals surface area contributed by atoms with Crippen LogP contribution in [0.2, 0.25) is 0 Å². The minimum Gasteiger partial charge on any atom is -0.371 e. The van der Waals surface area contributed by atoms with Crippen molar-refractivity contribution in [3.8, 4) is 0 Å². The average Bonchev–Trinajstić information content (AvgIpc) is 2.32. The number of nitrogens with two attached hydrogens (primary N) is 1. The Morgan fingerprint density at radius 2 is 1.67 bits per heavy atom. The fraction of sp³-hybridized carbons (Fsp3) is 0.600. The highest BCUT2D eigenvalue weighted by Crippen LogP contribution is 2.31. The van der Waals surface area contributed by atoms with Gasteiger partial charge < -0.3 is 15.5 Å². The topological polar surface area (TPSA) is 32.5 Å². The van der Waals surface area contributed by atoms with Crippen LogP contribution >= 0.6 is 0 Å². The van der Waals surface area contributed by atoms with E-state index in [0.29, 0.717) is 17.9 Å². The standard InChI is InChI=1S/C15H23N3/c1-11-5-3-4-6-14(11)18-9-12-7-17(2)8-13(10-18)15(12)16/h3-6,12-13,15H,7-10,16H2,1-2H3. The lowest BCUT2D eigenvalue weighted by atomic mass is 9.80. The molecule has 98 valence electrons. The maximum Gasteiger partial charge on any atom is 0.0396 e. The van der Waals surface area contributed by atoms with Crippen LogP contribution in [0.5, 0.6) is 0 Å². The van der Waals surface area contributed by atoms with Crippen molar-refractivity contribution in [3.05, 3.63) is 29.8 Å². The maximum atomic E-state index is 6.37. The highest BCUT2D eigenvalue weighted by atomic mass is 15.2. The van der Waals surface area contributed by atoms with E-state index in [2.05, 4.69) is 48.0 Å². The summed E-state index contributed by atoms with van der Waals surface area (Å²) >= 11 is 0. The molecule has 3 rings (SSSR count). The van der Waals surface area contributed by atoms with E-state index >= 15 is 0 Å². The second-order valence-corrected chi connectivity index (χ2v) is 6.01. The molecule has 18 heavy (non-hydrogen) atoms. The van der Waals surface area contributed by atoms with Crippen molar-refractivity contribution >= 4 is 5.69 Å². The Hall–Kier alpha value is -1.06. The Kier molecular flexibility index (Phi) is 3.04. The summed E-state index contributed by atoms with van der Waals surface area (Å²) in [7, 11) is 2.22. The number of anilines is 1. The van der Waals surface area contributed by atoms with E-state index in [-0.39, 0.29) is 0 Å². The van der Waals surface area contributed by atoms with Gasteiger partial charge in [0, 0.05) is 49.7 Å². The van der Waals surface area contributed by atoms with Crippen LogP contribution in [-0.2, 0) is 0 Å². The van der Waals surface area contributed by atoms with Crippen LogP contribution in [0.3, 0.4) is 0 Å². The Bertz CT molecular complexity index is 416. The summed E-state index contributed by atoms with van der Waals surface area (Å²) in [5.41, 5.74) is 9.14. The van der Waals surface area contributed by atoms with Crippen LogP contribution in [0.4, 0.5) is 5.69 Å². The molecule has 2 saturated heterocycles. The first-order valence-electron chi connectivity index (χ1n) is 6.90. The predicted molar refractivity (Wildman–Crippen MR) is 75.8 cm³/mol. The number of hydrogen-bond acceptors (Lipinski definition) is 3. The van der Waals surface area contributed by atoms with Crippen LogP contribution in [0, 0.1) is 18.8 Å². The van der Waals surface area contributed by atoms with E-state index in [9.17, 15) is 0 Å². The molecule has 2 aliphatic heterocycles. The quantitative estimate of drug-likeness (QED) is 0.810. The molecule has 3 heteroatoms. The van der Waals surface area contributed by atoms with Gasteiger partial charge in [-0.3, -0.25) is 0 Å². The molecule has 0 amide bonds.